The molecule has 3 aliphatic rings. The molecule has 1 aromatic heterocycles. The molecule has 6 rings (SSSR count). The summed E-state index contributed by atoms with van der Waals surface area (Å²) >= 11 is 0. The van der Waals surface area contributed by atoms with E-state index in [-0.39, 0.29) is 11.8 Å². The van der Waals surface area contributed by atoms with E-state index in [0.29, 0.717) is 31.0 Å². The van der Waals surface area contributed by atoms with E-state index in [1.165, 1.54) is 12.1 Å². The monoisotopic (exact) mass is 459 g/mol. The molecule has 176 valence electrons. The van der Waals surface area contributed by atoms with E-state index in [0.717, 1.165) is 54.3 Å². The molecule has 34 heavy (non-hydrogen) atoms. The number of aryl methyl sites for hydroxylation is 1. The van der Waals surface area contributed by atoms with Gasteiger partial charge in [0.25, 0.3) is 0 Å². The molecular weight excluding hydrogens is 429 g/mol. The van der Waals surface area contributed by atoms with Crippen LogP contribution in [0.25, 0.3) is 11.3 Å². The number of aromatic nitrogens is 2. The molecule has 2 bridgehead atoms. The van der Waals surface area contributed by atoms with Gasteiger partial charge >= 0.3 is 6.03 Å². The summed E-state index contributed by atoms with van der Waals surface area (Å²) < 4.78 is 13.4. The average Bonchev–Trinajstić information content (AvgIpc) is 2.87. The number of benzene rings is 2. The minimum absolute atomic E-state index is 0.126. The number of amides is 2. The number of hydrogen-bond acceptors (Lipinski definition) is 4. The van der Waals surface area contributed by atoms with E-state index in [4.69, 9.17) is 4.98 Å². The van der Waals surface area contributed by atoms with Crippen molar-refractivity contribution in [2.75, 3.05) is 19.6 Å². The molecule has 2 aromatic carbocycles. The highest BCUT2D eigenvalue weighted by Gasteiger charge is 2.41. The summed E-state index contributed by atoms with van der Waals surface area (Å²) in [7, 11) is 0. The second-order valence-corrected chi connectivity index (χ2v) is 9.32. The van der Waals surface area contributed by atoms with Crippen molar-refractivity contribution >= 4 is 6.03 Å². The van der Waals surface area contributed by atoms with Crippen molar-refractivity contribution in [2.24, 2.45) is 5.92 Å². The van der Waals surface area contributed by atoms with Gasteiger partial charge in [0.05, 0.1) is 5.69 Å². The van der Waals surface area contributed by atoms with Crippen molar-refractivity contribution in [3.63, 3.8) is 0 Å². The summed E-state index contributed by atoms with van der Waals surface area (Å²) in [4.78, 5) is 24.2. The molecule has 4 heterocycles. The van der Waals surface area contributed by atoms with E-state index in [2.05, 4.69) is 26.6 Å². The zero-order chi connectivity index (χ0) is 23.5. The molecule has 4 atom stereocenters. The standard InChI is InChI=1S/C27H30FN5O/c1-18-31-25(20-7-9-22(28)10-8-20)14-26(32-18)24-17-33-12-11-21(24)13-23(33)16-30-27(34)29-15-19-5-3-2-4-6-19/h2-10,14,21,23-24H,11-13,15-17H2,1H3,(H2,29,30,34)/t21-,23+,24+/m0/s1. The quantitative estimate of drug-likeness (QED) is 0.578. The van der Waals surface area contributed by atoms with Gasteiger partial charge in [0.2, 0.25) is 0 Å². The summed E-state index contributed by atoms with van der Waals surface area (Å²) in [5, 5.41) is 6.00. The van der Waals surface area contributed by atoms with E-state index < -0.39 is 0 Å². The Balaban J connectivity index is 1.20. The Morgan fingerprint density at radius 3 is 2.62 bits per heavy atom. The molecule has 3 fully saturated rings. The third-order valence-electron chi connectivity index (χ3n) is 7.05. The molecule has 6 nitrogen and oxygen atoms in total. The fourth-order valence-electron chi connectivity index (χ4n) is 5.29. The van der Waals surface area contributed by atoms with Crippen LogP contribution in [-0.2, 0) is 6.54 Å². The second kappa shape index (κ2) is 9.89. The number of hydrogen-bond donors (Lipinski definition) is 2. The van der Waals surface area contributed by atoms with Gasteiger partial charge < -0.3 is 10.6 Å². The fraction of sp³-hybridized carbons (Fsp3) is 0.370. The highest BCUT2D eigenvalue weighted by atomic mass is 19.1. The average molecular weight is 460 g/mol. The van der Waals surface area contributed by atoms with E-state index >= 15 is 0 Å². The number of rotatable bonds is 6. The Kier molecular flexibility index (Phi) is 6.54. The molecule has 0 spiro atoms. The fourth-order valence-corrected chi connectivity index (χ4v) is 5.29. The molecule has 1 unspecified atom stereocenters. The first-order chi connectivity index (χ1) is 16.5. The van der Waals surface area contributed by atoms with Crippen LogP contribution in [0.1, 0.15) is 35.8 Å². The SMILES string of the molecule is Cc1nc(-c2ccc(F)cc2)cc([C@@H]2CN3CC[C@H]2C[C@@H]3CNC(=O)NCc2ccccc2)n1. The molecule has 3 aromatic rings. The van der Waals surface area contributed by atoms with Crippen LogP contribution in [0, 0.1) is 18.7 Å². The molecule has 3 aliphatic heterocycles. The number of carbonyl (C=O) groups excluding carboxylic acids is 1. The number of nitrogens with zero attached hydrogens (tertiary/aromatic N) is 3. The van der Waals surface area contributed by atoms with Gasteiger partial charge in [-0.05, 0) is 68.1 Å². The lowest BCUT2D eigenvalue weighted by atomic mass is 9.74. The largest absolute Gasteiger partial charge is 0.337 e. The maximum absolute atomic E-state index is 13.4. The summed E-state index contributed by atoms with van der Waals surface area (Å²) in [6, 6.07) is 18.7. The van der Waals surface area contributed by atoms with Crippen molar-refractivity contribution in [2.45, 2.75) is 38.3 Å². The topological polar surface area (TPSA) is 70.2 Å². The van der Waals surface area contributed by atoms with Gasteiger partial charge in [0.1, 0.15) is 11.6 Å². The van der Waals surface area contributed by atoms with Gasteiger partial charge in [0, 0.05) is 42.9 Å². The predicted octanol–water partition coefficient (Wildman–Crippen LogP) is 4.27. The molecule has 0 saturated carbocycles. The molecule has 3 saturated heterocycles. The normalized spacial score (nSPS) is 23.5. The lowest BCUT2D eigenvalue weighted by molar-refractivity contribution is 0.0305. The minimum Gasteiger partial charge on any atom is -0.337 e. The van der Waals surface area contributed by atoms with Gasteiger partial charge in [-0.1, -0.05) is 30.3 Å². The second-order valence-electron chi connectivity index (χ2n) is 9.32. The Labute approximate surface area is 199 Å². The van der Waals surface area contributed by atoms with Gasteiger partial charge in [-0.15, -0.1) is 0 Å². The van der Waals surface area contributed by atoms with Crippen molar-refractivity contribution in [3.8, 4) is 11.3 Å². The summed E-state index contributed by atoms with van der Waals surface area (Å²) in [6.45, 7) is 5.07. The zero-order valence-electron chi connectivity index (χ0n) is 19.4. The van der Waals surface area contributed by atoms with Crippen LogP contribution in [0.15, 0.2) is 60.7 Å². The van der Waals surface area contributed by atoms with Crippen molar-refractivity contribution in [1.82, 2.24) is 25.5 Å². The van der Waals surface area contributed by atoms with Crippen molar-refractivity contribution in [1.29, 1.82) is 0 Å². The zero-order valence-corrected chi connectivity index (χ0v) is 19.4. The number of fused-ring (bicyclic) bond motifs is 3. The van der Waals surface area contributed by atoms with Crippen LogP contribution in [0.2, 0.25) is 0 Å². The van der Waals surface area contributed by atoms with Crippen LogP contribution in [0.4, 0.5) is 9.18 Å². The van der Waals surface area contributed by atoms with Crippen molar-refractivity contribution in [3.05, 3.63) is 83.6 Å². The molecular formula is C27H30FN5O. The maximum Gasteiger partial charge on any atom is 0.315 e. The Morgan fingerprint density at radius 2 is 1.88 bits per heavy atom. The van der Waals surface area contributed by atoms with Gasteiger partial charge in [-0.25, -0.2) is 19.2 Å². The van der Waals surface area contributed by atoms with Crippen LogP contribution < -0.4 is 10.6 Å². The van der Waals surface area contributed by atoms with Crippen LogP contribution in [0.3, 0.4) is 0 Å². The lowest BCUT2D eigenvalue weighted by Crippen LogP contribution is -2.56. The number of nitrogens with one attached hydrogen (secondary N) is 2. The van der Waals surface area contributed by atoms with Gasteiger partial charge in [-0.2, -0.15) is 0 Å². The highest BCUT2D eigenvalue weighted by molar-refractivity contribution is 5.73. The molecule has 0 aliphatic carbocycles. The van der Waals surface area contributed by atoms with Gasteiger partial charge in [0.15, 0.2) is 0 Å². The minimum atomic E-state index is -0.249. The van der Waals surface area contributed by atoms with E-state index in [1.807, 2.05) is 37.3 Å². The third kappa shape index (κ3) is 5.09. The van der Waals surface area contributed by atoms with Crippen LogP contribution in [0.5, 0.6) is 0 Å². The highest BCUT2D eigenvalue weighted by Crippen LogP contribution is 2.41. The smallest absolute Gasteiger partial charge is 0.315 e. The molecule has 7 heteroatoms. The van der Waals surface area contributed by atoms with E-state index in [1.54, 1.807) is 12.1 Å². The third-order valence-corrected chi connectivity index (χ3v) is 7.05. The Bertz CT molecular complexity index is 1140. The van der Waals surface area contributed by atoms with E-state index in [9.17, 15) is 9.18 Å². The molecule has 2 N–H and O–H groups in total. The first-order valence-electron chi connectivity index (χ1n) is 12.0. The van der Waals surface area contributed by atoms with Gasteiger partial charge in [-0.3, -0.25) is 4.90 Å². The molecule has 2 amide bonds. The first kappa shape index (κ1) is 22.5. The first-order valence-corrected chi connectivity index (χ1v) is 12.0. The van der Waals surface area contributed by atoms with Crippen molar-refractivity contribution < 1.29 is 9.18 Å². The number of halogens is 1. The lowest BCUT2D eigenvalue weighted by Gasteiger charge is -2.49. The predicted molar refractivity (Wildman–Crippen MR) is 130 cm³/mol. The van der Waals surface area contributed by atoms with Crippen LogP contribution in [-0.4, -0.2) is 46.6 Å². The Morgan fingerprint density at radius 1 is 1.09 bits per heavy atom. The summed E-state index contributed by atoms with van der Waals surface area (Å²) in [5.41, 5.74) is 3.89. The van der Waals surface area contributed by atoms with Crippen LogP contribution >= 0.6 is 0 Å². The summed E-state index contributed by atoms with van der Waals surface area (Å²) in [5.74, 6) is 1.36. The summed E-state index contributed by atoms with van der Waals surface area (Å²) in [6.07, 6.45) is 2.18. The number of piperidine rings is 3. The molecule has 0 radical (unpaired) electrons. The Hall–Kier alpha value is -3.32. The maximum atomic E-state index is 13.4. The number of urea groups is 1. The number of carbonyl (C=O) groups is 1.